The molecule has 0 unspecified atom stereocenters. The second-order valence-electron chi connectivity index (χ2n) is 6.43. The molecule has 1 aliphatic heterocycles. The smallest absolute Gasteiger partial charge is 0.291 e. The van der Waals surface area contributed by atoms with Crippen molar-refractivity contribution in [3.05, 3.63) is 81.7 Å². The number of hydrogen-bond donors (Lipinski definition) is 1. The summed E-state index contributed by atoms with van der Waals surface area (Å²) < 4.78 is 5.74. The highest BCUT2D eigenvalue weighted by Crippen LogP contribution is 2.32. The third kappa shape index (κ3) is 3.40. The van der Waals surface area contributed by atoms with Gasteiger partial charge in [-0.25, -0.2) is 0 Å². The van der Waals surface area contributed by atoms with Crippen LogP contribution < -0.4 is 10.2 Å². The van der Waals surface area contributed by atoms with E-state index in [0.29, 0.717) is 22.5 Å². The lowest BCUT2D eigenvalue weighted by Crippen LogP contribution is -2.29. The minimum Gasteiger partial charge on any atom is -0.444 e. The van der Waals surface area contributed by atoms with Crippen LogP contribution in [0.1, 0.15) is 32.0 Å². The van der Waals surface area contributed by atoms with E-state index in [4.69, 9.17) is 4.42 Å². The normalized spacial score (nSPS) is 12.7. The van der Waals surface area contributed by atoms with Gasteiger partial charge in [-0.1, -0.05) is 24.3 Å². The standard InChI is InChI=1S/C21H17BrN2O3/c1-13-4-2-5-14-10-11-24(19(13)14)21(26)15-6-3-7-16(12-15)23-20(25)17-8-9-18(22)27-17/h2-9,12H,10-11H2,1H3,(H,23,25). The second kappa shape index (κ2) is 7.04. The topological polar surface area (TPSA) is 62.6 Å². The first-order valence-electron chi connectivity index (χ1n) is 8.60. The van der Waals surface area contributed by atoms with Gasteiger partial charge >= 0.3 is 0 Å². The van der Waals surface area contributed by atoms with Crippen molar-refractivity contribution in [1.82, 2.24) is 0 Å². The maximum atomic E-state index is 13.1. The van der Waals surface area contributed by atoms with E-state index in [9.17, 15) is 9.59 Å². The highest BCUT2D eigenvalue weighted by Gasteiger charge is 2.27. The molecule has 0 radical (unpaired) electrons. The van der Waals surface area contributed by atoms with Crippen LogP contribution in [0, 0.1) is 6.92 Å². The summed E-state index contributed by atoms with van der Waals surface area (Å²) in [4.78, 5) is 27.1. The van der Waals surface area contributed by atoms with Crippen molar-refractivity contribution >= 4 is 39.1 Å². The van der Waals surface area contributed by atoms with Crippen LogP contribution in [-0.4, -0.2) is 18.4 Å². The first-order valence-corrected chi connectivity index (χ1v) is 9.39. The molecular formula is C21H17BrN2O3. The number of anilines is 2. The molecule has 6 heteroatoms. The number of halogens is 1. The van der Waals surface area contributed by atoms with Crippen molar-refractivity contribution in [2.24, 2.45) is 0 Å². The summed E-state index contributed by atoms with van der Waals surface area (Å²) in [6.45, 7) is 2.68. The van der Waals surface area contributed by atoms with Crippen LogP contribution in [0.2, 0.25) is 0 Å². The number of carbonyl (C=O) groups excluding carboxylic acids is 2. The van der Waals surface area contributed by atoms with Gasteiger partial charge in [0.2, 0.25) is 0 Å². The predicted octanol–water partition coefficient (Wildman–Crippen LogP) is 4.81. The largest absolute Gasteiger partial charge is 0.444 e. The lowest BCUT2D eigenvalue weighted by atomic mass is 10.1. The Labute approximate surface area is 165 Å². The molecule has 0 fully saturated rings. The molecule has 0 aliphatic carbocycles. The maximum absolute atomic E-state index is 13.1. The molecular weight excluding hydrogens is 408 g/mol. The van der Waals surface area contributed by atoms with Crippen molar-refractivity contribution in [2.45, 2.75) is 13.3 Å². The number of nitrogens with zero attached hydrogens (tertiary/aromatic N) is 1. The third-order valence-electron chi connectivity index (χ3n) is 4.61. The summed E-state index contributed by atoms with van der Waals surface area (Å²) in [6, 6.07) is 16.3. The molecule has 1 aliphatic rings. The minimum absolute atomic E-state index is 0.0695. The van der Waals surface area contributed by atoms with E-state index in [0.717, 1.165) is 17.7 Å². The van der Waals surface area contributed by atoms with Crippen LogP contribution in [0.5, 0.6) is 0 Å². The highest BCUT2D eigenvalue weighted by atomic mass is 79.9. The fraction of sp³-hybridized carbons (Fsp3) is 0.143. The van der Waals surface area contributed by atoms with Gasteiger partial charge in [0.1, 0.15) is 0 Å². The molecule has 0 saturated heterocycles. The van der Waals surface area contributed by atoms with Crippen LogP contribution in [0.15, 0.2) is 63.7 Å². The maximum Gasteiger partial charge on any atom is 0.291 e. The fourth-order valence-corrected chi connectivity index (χ4v) is 3.68. The quantitative estimate of drug-likeness (QED) is 0.656. The Balaban J connectivity index is 1.57. The second-order valence-corrected chi connectivity index (χ2v) is 7.21. The molecule has 136 valence electrons. The molecule has 27 heavy (non-hydrogen) atoms. The van der Waals surface area contributed by atoms with E-state index >= 15 is 0 Å². The van der Waals surface area contributed by atoms with Gasteiger partial charge in [-0.3, -0.25) is 9.59 Å². The summed E-state index contributed by atoms with van der Waals surface area (Å²) in [5.74, 6) is -0.241. The van der Waals surface area contributed by atoms with Crippen molar-refractivity contribution < 1.29 is 14.0 Å². The zero-order valence-corrected chi connectivity index (χ0v) is 16.2. The first-order chi connectivity index (χ1) is 13.0. The Morgan fingerprint density at radius 3 is 2.70 bits per heavy atom. The number of benzene rings is 2. The van der Waals surface area contributed by atoms with Crippen LogP contribution in [0.25, 0.3) is 0 Å². The Morgan fingerprint density at radius 2 is 1.93 bits per heavy atom. The first kappa shape index (κ1) is 17.5. The summed E-state index contributed by atoms with van der Waals surface area (Å²) in [7, 11) is 0. The number of amides is 2. The van der Waals surface area contributed by atoms with Crippen LogP contribution >= 0.6 is 15.9 Å². The van der Waals surface area contributed by atoms with Crippen LogP contribution in [0.3, 0.4) is 0 Å². The Bertz CT molecular complexity index is 1040. The Kier molecular flexibility index (Phi) is 4.58. The Morgan fingerprint density at radius 1 is 1.11 bits per heavy atom. The zero-order valence-electron chi connectivity index (χ0n) is 14.7. The van der Waals surface area contributed by atoms with Crippen LogP contribution in [-0.2, 0) is 6.42 Å². The van der Waals surface area contributed by atoms with Gasteiger partial charge < -0.3 is 14.6 Å². The van der Waals surface area contributed by atoms with Gasteiger partial charge in [0, 0.05) is 17.8 Å². The number of aryl methyl sites for hydroxylation is 1. The SMILES string of the molecule is Cc1cccc2c1N(C(=O)c1cccc(NC(=O)c3ccc(Br)o3)c1)CC2. The number of nitrogens with one attached hydrogen (secondary N) is 1. The molecule has 0 atom stereocenters. The number of carbonyl (C=O) groups is 2. The van der Waals surface area contributed by atoms with Gasteiger partial charge in [0.25, 0.3) is 11.8 Å². The van der Waals surface area contributed by atoms with E-state index in [1.807, 2.05) is 24.0 Å². The van der Waals surface area contributed by atoms with Crippen molar-refractivity contribution in [3.8, 4) is 0 Å². The molecule has 0 spiro atoms. The number of furan rings is 1. The molecule has 1 aromatic heterocycles. The van der Waals surface area contributed by atoms with E-state index in [2.05, 4.69) is 27.3 Å². The minimum atomic E-state index is -0.368. The molecule has 3 aromatic rings. The summed E-state index contributed by atoms with van der Waals surface area (Å²) in [6.07, 6.45) is 0.854. The number of fused-ring (bicyclic) bond motifs is 1. The molecule has 2 heterocycles. The molecule has 4 rings (SSSR count). The summed E-state index contributed by atoms with van der Waals surface area (Å²) in [5.41, 5.74) is 4.35. The van der Waals surface area contributed by atoms with Crippen molar-refractivity contribution in [3.63, 3.8) is 0 Å². The Hall–Kier alpha value is -2.86. The highest BCUT2D eigenvalue weighted by molar-refractivity contribution is 9.10. The molecule has 0 bridgehead atoms. The lowest BCUT2D eigenvalue weighted by molar-refractivity contribution is 0.0982. The van der Waals surface area contributed by atoms with Crippen LogP contribution in [0.4, 0.5) is 11.4 Å². The van der Waals surface area contributed by atoms with E-state index in [1.165, 1.54) is 5.56 Å². The van der Waals surface area contributed by atoms with Gasteiger partial charge in [-0.15, -0.1) is 0 Å². The average Bonchev–Trinajstić information content (AvgIpc) is 3.28. The van der Waals surface area contributed by atoms with E-state index < -0.39 is 0 Å². The molecule has 0 saturated carbocycles. The summed E-state index contributed by atoms with van der Waals surface area (Å²) in [5, 5.41) is 2.76. The van der Waals surface area contributed by atoms with Gasteiger partial charge in [0.05, 0.1) is 5.69 Å². The fourth-order valence-electron chi connectivity index (χ4n) is 3.37. The van der Waals surface area contributed by atoms with Crippen molar-refractivity contribution in [2.75, 3.05) is 16.8 Å². The molecule has 2 aromatic carbocycles. The number of hydrogen-bond acceptors (Lipinski definition) is 3. The summed E-state index contributed by atoms with van der Waals surface area (Å²) >= 11 is 3.18. The average molecular weight is 425 g/mol. The number of rotatable bonds is 3. The van der Waals surface area contributed by atoms with Gasteiger partial charge in [-0.2, -0.15) is 0 Å². The van der Waals surface area contributed by atoms with Gasteiger partial charge in [-0.05, 0) is 70.7 Å². The molecule has 1 N–H and O–H groups in total. The molecule has 5 nitrogen and oxygen atoms in total. The zero-order chi connectivity index (χ0) is 19.0. The van der Waals surface area contributed by atoms with Crippen molar-refractivity contribution in [1.29, 1.82) is 0 Å². The third-order valence-corrected chi connectivity index (χ3v) is 5.03. The van der Waals surface area contributed by atoms with E-state index in [1.54, 1.807) is 36.4 Å². The monoisotopic (exact) mass is 424 g/mol. The lowest BCUT2D eigenvalue weighted by Gasteiger charge is -2.19. The number of para-hydroxylation sites is 1. The van der Waals surface area contributed by atoms with E-state index in [-0.39, 0.29) is 17.6 Å². The molecule has 2 amide bonds. The predicted molar refractivity (Wildman–Crippen MR) is 107 cm³/mol. The van der Waals surface area contributed by atoms with Gasteiger partial charge in [0.15, 0.2) is 10.4 Å².